The molecule has 2 aromatic carbocycles. The number of ether oxygens (including phenoxy) is 1. The molecule has 2 heterocycles. The summed E-state index contributed by atoms with van der Waals surface area (Å²) in [5.74, 6) is 0.428. The van der Waals surface area contributed by atoms with Crippen molar-refractivity contribution in [3.63, 3.8) is 0 Å². The van der Waals surface area contributed by atoms with Crippen molar-refractivity contribution >= 4 is 57.5 Å². The molecule has 2 atom stereocenters. The molecule has 0 aliphatic rings. The Bertz CT molecular complexity index is 1330. The Balaban J connectivity index is 1.44. The van der Waals surface area contributed by atoms with Gasteiger partial charge in [0.25, 0.3) is 0 Å². The van der Waals surface area contributed by atoms with Crippen LogP contribution in [0.4, 0.5) is 0 Å². The van der Waals surface area contributed by atoms with Crippen LogP contribution in [0, 0.1) is 0 Å². The molecule has 0 saturated heterocycles. The fourth-order valence-electron chi connectivity index (χ4n) is 3.74. The van der Waals surface area contributed by atoms with Gasteiger partial charge >= 0.3 is 5.97 Å². The first kappa shape index (κ1) is 25.0. The third-order valence-electron chi connectivity index (χ3n) is 5.60. The number of hydrogen-bond donors (Lipinski definition) is 1. The monoisotopic (exact) mass is 509 g/mol. The van der Waals surface area contributed by atoms with Crippen LogP contribution < -0.4 is 5.32 Å². The number of esters is 1. The molecule has 0 unspecified atom stereocenters. The predicted molar refractivity (Wildman–Crippen MR) is 140 cm³/mol. The largest absolute Gasteiger partial charge is 0.467 e. The number of para-hydroxylation sites is 1. The van der Waals surface area contributed by atoms with E-state index >= 15 is 0 Å². The van der Waals surface area contributed by atoms with Crippen LogP contribution in [-0.4, -0.2) is 55.8 Å². The van der Waals surface area contributed by atoms with Crippen LogP contribution in [0.1, 0.15) is 18.9 Å². The second-order valence-electron chi connectivity index (χ2n) is 7.94. The third-order valence-corrected chi connectivity index (χ3v) is 7.92. The first-order valence-electron chi connectivity index (χ1n) is 11.3. The molecule has 8 nitrogen and oxygen atoms in total. The van der Waals surface area contributed by atoms with E-state index in [0.29, 0.717) is 23.0 Å². The van der Waals surface area contributed by atoms with Gasteiger partial charge in [-0.3, -0.25) is 4.79 Å². The lowest BCUT2D eigenvalue weighted by Gasteiger charge is -2.19. The van der Waals surface area contributed by atoms with E-state index in [4.69, 9.17) is 4.74 Å². The fraction of sp³-hybridized carbons (Fsp3) is 0.320. The molecule has 35 heavy (non-hydrogen) atoms. The summed E-state index contributed by atoms with van der Waals surface area (Å²) in [4.78, 5) is 30.1. The van der Waals surface area contributed by atoms with Crippen LogP contribution in [0.5, 0.6) is 0 Å². The van der Waals surface area contributed by atoms with Crippen molar-refractivity contribution in [3.05, 3.63) is 60.2 Å². The summed E-state index contributed by atoms with van der Waals surface area (Å²) < 4.78 is 6.90. The van der Waals surface area contributed by atoms with Gasteiger partial charge in [-0.15, -0.1) is 10.2 Å². The average Bonchev–Trinajstić information content (AvgIpc) is 3.18. The molecule has 0 bridgehead atoms. The molecule has 182 valence electrons. The van der Waals surface area contributed by atoms with Gasteiger partial charge < -0.3 is 14.6 Å². The molecule has 10 heteroatoms. The van der Waals surface area contributed by atoms with Crippen molar-refractivity contribution in [1.29, 1.82) is 0 Å². The molecule has 0 spiro atoms. The zero-order chi connectivity index (χ0) is 24.8. The highest BCUT2D eigenvalue weighted by atomic mass is 32.2. The number of carbonyl (C=O) groups is 2. The minimum absolute atomic E-state index is 0.256. The normalized spacial score (nSPS) is 13.0. The lowest BCUT2D eigenvalue weighted by atomic mass is 10.2. The molecular formula is C25H27N5O3S2. The van der Waals surface area contributed by atoms with Crippen LogP contribution in [0.15, 0.2) is 59.8 Å². The Kier molecular flexibility index (Phi) is 8.25. The Morgan fingerprint density at radius 3 is 2.57 bits per heavy atom. The van der Waals surface area contributed by atoms with Crippen LogP contribution in [0.3, 0.4) is 0 Å². The second kappa shape index (κ2) is 11.5. The predicted octanol–water partition coefficient (Wildman–Crippen LogP) is 3.98. The zero-order valence-corrected chi connectivity index (χ0v) is 21.4. The van der Waals surface area contributed by atoms with Crippen molar-refractivity contribution in [3.8, 4) is 0 Å². The van der Waals surface area contributed by atoms with Gasteiger partial charge in [0.05, 0.1) is 17.9 Å². The van der Waals surface area contributed by atoms with Crippen molar-refractivity contribution in [2.45, 2.75) is 35.5 Å². The number of nitrogens with one attached hydrogen (secondary N) is 1. The fourth-order valence-corrected chi connectivity index (χ4v) is 5.56. The smallest absolute Gasteiger partial charge is 0.329 e. The lowest BCUT2D eigenvalue weighted by Crippen LogP contribution is -2.46. The molecular weight excluding hydrogens is 482 g/mol. The zero-order valence-electron chi connectivity index (χ0n) is 19.8. The minimum atomic E-state index is -0.740. The molecule has 0 aliphatic carbocycles. The van der Waals surface area contributed by atoms with Crippen molar-refractivity contribution < 1.29 is 14.3 Å². The summed E-state index contributed by atoms with van der Waals surface area (Å²) in [6, 6.07) is 17.2. The first-order valence-corrected chi connectivity index (χ1v) is 13.3. The Morgan fingerprint density at radius 1 is 1.09 bits per heavy atom. The Labute approximate surface area is 212 Å². The standard InChI is InChI=1S/C25H27N5O3S2/c1-4-20(23(31)26-18(24(32)33-3)15-34-14-16-10-6-5-7-11-16)35-25-27-22-21(28-29-25)17-12-8-9-13-19(17)30(22)2/h5-13,18,20H,4,14-15H2,1-3H3,(H,26,31)/t18-,20-/m1/s1. The van der Waals surface area contributed by atoms with Crippen LogP contribution in [0.2, 0.25) is 0 Å². The summed E-state index contributed by atoms with van der Waals surface area (Å²) in [5.41, 5.74) is 3.61. The van der Waals surface area contributed by atoms with E-state index in [1.54, 1.807) is 11.8 Å². The highest BCUT2D eigenvalue weighted by Crippen LogP contribution is 2.28. The Morgan fingerprint density at radius 2 is 1.83 bits per heavy atom. The molecule has 1 amide bonds. The summed E-state index contributed by atoms with van der Waals surface area (Å²) in [6.07, 6.45) is 0.540. The van der Waals surface area contributed by atoms with E-state index in [1.165, 1.54) is 18.9 Å². The maximum absolute atomic E-state index is 13.1. The molecule has 4 rings (SSSR count). The molecule has 1 N–H and O–H groups in total. The first-order chi connectivity index (χ1) is 17.0. The SMILES string of the molecule is CC[C@@H](Sc1nnc2c3ccccc3n(C)c2n1)C(=O)N[C@H](CSCc1ccccc1)C(=O)OC. The highest BCUT2D eigenvalue weighted by Gasteiger charge is 2.27. The molecule has 4 aromatic rings. The molecule has 2 aromatic heterocycles. The minimum Gasteiger partial charge on any atom is -0.467 e. The van der Waals surface area contributed by atoms with E-state index in [1.807, 2.05) is 73.1 Å². The van der Waals surface area contributed by atoms with Crippen LogP contribution in [0.25, 0.3) is 22.1 Å². The number of aryl methyl sites for hydroxylation is 1. The number of benzene rings is 2. The number of aromatic nitrogens is 4. The van der Waals surface area contributed by atoms with E-state index in [9.17, 15) is 9.59 Å². The van der Waals surface area contributed by atoms with Gasteiger partial charge in [-0.25, -0.2) is 9.78 Å². The van der Waals surface area contributed by atoms with Gasteiger partial charge in [0.1, 0.15) is 11.6 Å². The topological polar surface area (TPSA) is 99.0 Å². The van der Waals surface area contributed by atoms with E-state index in [-0.39, 0.29) is 5.91 Å². The van der Waals surface area contributed by atoms with Gasteiger partial charge in [-0.1, -0.05) is 67.2 Å². The number of methoxy groups -OCH3 is 1. The van der Waals surface area contributed by atoms with Gasteiger partial charge in [0, 0.05) is 23.9 Å². The van der Waals surface area contributed by atoms with Crippen LogP contribution in [-0.2, 0) is 27.1 Å². The van der Waals surface area contributed by atoms with Gasteiger partial charge in [-0.05, 0) is 18.1 Å². The van der Waals surface area contributed by atoms with E-state index in [0.717, 1.165) is 27.7 Å². The van der Waals surface area contributed by atoms with E-state index < -0.39 is 17.3 Å². The number of amides is 1. The summed E-state index contributed by atoms with van der Waals surface area (Å²) in [6.45, 7) is 1.91. The molecule has 0 aliphatic heterocycles. The second-order valence-corrected chi connectivity index (χ2v) is 10.1. The average molecular weight is 510 g/mol. The molecule has 0 fully saturated rings. The number of carbonyl (C=O) groups excluding carboxylic acids is 2. The summed E-state index contributed by atoms with van der Waals surface area (Å²) in [5, 5.41) is 12.4. The molecule has 0 radical (unpaired) electrons. The van der Waals surface area contributed by atoms with Crippen molar-refractivity contribution in [1.82, 2.24) is 25.1 Å². The van der Waals surface area contributed by atoms with Crippen molar-refractivity contribution in [2.24, 2.45) is 7.05 Å². The quantitative estimate of drug-likeness (QED) is 0.253. The van der Waals surface area contributed by atoms with Gasteiger partial charge in [0.15, 0.2) is 5.65 Å². The third kappa shape index (κ3) is 5.76. The number of nitrogens with zero attached hydrogens (tertiary/aromatic N) is 4. The van der Waals surface area contributed by atoms with Gasteiger partial charge in [0.2, 0.25) is 11.1 Å². The van der Waals surface area contributed by atoms with Gasteiger partial charge in [-0.2, -0.15) is 11.8 Å². The number of rotatable bonds is 10. The summed E-state index contributed by atoms with van der Waals surface area (Å²) >= 11 is 2.81. The maximum Gasteiger partial charge on any atom is 0.329 e. The maximum atomic E-state index is 13.1. The highest BCUT2D eigenvalue weighted by molar-refractivity contribution is 8.00. The summed E-state index contributed by atoms with van der Waals surface area (Å²) in [7, 11) is 3.26. The van der Waals surface area contributed by atoms with Crippen LogP contribution >= 0.6 is 23.5 Å². The van der Waals surface area contributed by atoms with E-state index in [2.05, 4.69) is 20.5 Å². The molecule has 0 saturated carbocycles. The van der Waals surface area contributed by atoms with Crippen molar-refractivity contribution in [2.75, 3.05) is 12.9 Å². The number of hydrogen-bond acceptors (Lipinski definition) is 8. The lowest BCUT2D eigenvalue weighted by molar-refractivity contribution is -0.144. The number of thioether (sulfide) groups is 2. The number of fused-ring (bicyclic) bond motifs is 3. The Hall–Kier alpha value is -3.11.